The van der Waals surface area contributed by atoms with Crippen molar-refractivity contribution in [1.82, 2.24) is 4.40 Å². The van der Waals surface area contributed by atoms with Gasteiger partial charge in [-0.05, 0) is 56.2 Å². The minimum Gasteiger partial charge on any atom is -0.390 e. The van der Waals surface area contributed by atoms with Crippen molar-refractivity contribution in [3.63, 3.8) is 0 Å². The van der Waals surface area contributed by atoms with E-state index in [1.54, 1.807) is 6.07 Å². The Kier molecular flexibility index (Phi) is 5.03. The Morgan fingerprint density at radius 3 is 2.75 bits per heavy atom. The molecule has 2 unspecified atom stereocenters. The number of fused-ring (bicyclic) bond motifs is 1. The van der Waals surface area contributed by atoms with Crippen molar-refractivity contribution in [3.8, 4) is 0 Å². The number of hydrogen-bond donors (Lipinski definition) is 1. The molecule has 6 heteroatoms. The van der Waals surface area contributed by atoms with Crippen LogP contribution in [0.5, 0.6) is 0 Å². The summed E-state index contributed by atoms with van der Waals surface area (Å²) in [6.07, 6.45) is 5.40. The number of halogens is 3. The molecule has 0 bridgehead atoms. The molecule has 0 amide bonds. The number of hydrogen-bond acceptors (Lipinski definition) is 2. The van der Waals surface area contributed by atoms with Crippen LogP contribution in [0.15, 0.2) is 24.4 Å². The summed E-state index contributed by atoms with van der Waals surface area (Å²) in [5.74, 6) is -3.26. The maximum absolute atomic E-state index is 13.7. The zero-order chi connectivity index (χ0) is 20.1. The fraction of sp³-hybridized carbons (Fsp3) is 0.591. The Bertz CT molecular complexity index is 905. The van der Waals surface area contributed by atoms with Gasteiger partial charge in [0.25, 0.3) is 5.92 Å². The number of nitrogens with zero attached hydrogens (tertiary/aromatic N) is 1. The highest BCUT2D eigenvalue weighted by Gasteiger charge is 2.47. The van der Waals surface area contributed by atoms with Gasteiger partial charge in [-0.15, -0.1) is 0 Å². The van der Waals surface area contributed by atoms with Crippen LogP contribution in [0.25, 0.3) is 5.52 Å². The molecule has 2 aromatic heterocycles. The van der Waals surface area contributed by atoms with Gasteiger partial charge in [-0.25, -0.2) is 8.78 Å². The number of Topliss-reactive ketones (excluding diaryl/α,β-unsaturated/α-hetero) is 1. The Morgan fingerprint density at radius 1 is 1.36 bits per heavy atom. The molecule has 0 saturated heterocycles. The SMILES string of the molecule is CC1CC(O)(CCC(=O)c2cc(C3CCC3)n3cccc(Cl)c23)CCC1(F)F. The summed E-state index contributed by atoms with van der Waals surface area (Å²) in [5, 5.41) is 11.3. The third kappa shape index (κ3) is 3.48. The van der Waals surface area contributed by atoms with Crippen molar-refractivity contribution < 1.29 is 18.7 Å². The third-order valence-electron chi connectivity index (χ3n) is 6.74. The number of carbonyl (C=O) groups is 1. The van der Waals surface area contributed by atoms with Gasteiger partial charge in [0.15, 0.2) is 5.78 Å². The van der Waals surface area contributed by atoms with Crippen molar-refractivity contribution in [3.05, 3.63) is 40.7 Å². The Morgan fingerprint density at radius 2 is 2.11 bits per heavy atom. The first-order valence-electron chi connectivity index (χ1n) is 10.1. The van der Waals surface area contributed by atoms with Crippen molar-refractivity contribution in [2.75, 3.05) is 0 Å². The Balaban J connectivity index is 1.55. The van der Waals surface area contributed by atoms with Crippen LogP contribution in [0.1, 0.15) is 80.3 Å². The summed E-state index contributed by atoms with van der Waals surface area (Å²) in [7, 11) is 0. The van der Waals surface area contributed by atoms with E-state index in [1.807, 2.05) is 22.7 Å². The minimum atomic E-state index is -2.74. The first-order chi connectivity index (χ1) is 13.2. The Labute approximate surface area is 168 Å². The van der Waals surface area contributed by atoms with E-state index in [1.165, 1.54) is 13.3 Å². The van der Waals surface area contributed by atoms with E-state index >= 15 is 0 Å². The highest BCUT2D eigenvalue weighted by atomic mass is 35.5. The lowest BCUT2D eigenvalue weighted by molar-refractivity contribution is -0.142. The molecule has 4 rings (SSSR count). The molecular weight excluding hydrogens is 384 g/mol. The fourth-order valence-corrected chi connectivity index (χ4v) is 4.91. The average Bonchev–Trinajstić information content (AvgIpc) is 2.97. The highest BCUT2D eigenvalue weighted by molar-refractivity contribution is 6.35. The molecule has 2 fully saturated rings. The molecular formula is C22H26ClF2NO2. The van der Waals surface area contributed by atoms with Gasteiger partial charge >= 0.3 is 0 Å². The second-order valence-corrected chi connectivity index (χ2v) is 9.11. The van der Waals surface area contributed by atoms with Crippen LogP contribution in [0, 0.1) is 5.92 Å². The Hall–Kier alpha value is -1.46. The van der Waals surface area contributed by atoms with Crippen LogP contribution in [-0.2, 0) is 0 Å². The third-order valence-corrected chi connectivity index (χ3v) is 7.05. The molecule has 2 saturated carbocycles. The molecule has 2 aliphatic rings. The topological polar surface area (TPSA) is 41.7 Å². The summed E-state index contributed by atoms with van der Waals surface area (Å²) in [6.45, 7) is 1.47. The summed E-state index contributed by atoms with van der Waals surface area (Å²) >= 11 is 6.41. The lowest BCUT2D eigenvalue weighted by atomic mass is 9.74. The van der Waals surface area contributed by atoms with Crippen molar-refractivity contribution in [1.29, 1.82) is 0 Å². The zero-order valence-electron chi connectivity index (χ0n) is 16.1. The molecule has 2 aliphatic carbocycles. The van der Waals surface area contributed by atoms with Gasteiger partial charge in [0.1, 0.15) is 0 Å². The lowest BCUT2D eigenvalue weighted by Crippen LogP contribution is -2.44. The number of carbonyl (C=O) groups excluding carboxylic acids is 1. The number of rotatable bonds is 5. The molecule has 0 aliphatic heterocycles. The second kappa shape index (κ2) is 7.10. The van der Waals surface area contributed by atoms with Crippen LogP contribution in [-0.4, -0.2) is 26.8 Å². The van der Waals surface area contributed by atoms with E-state index in [4.69, 9.17) is 11.6 Å². The number of ketones is 1. The maximum atomic E-state index is 13.7. The van der Waals surface area contributed by atoms with Gasteiger partial charge in [-0.3, -0.25) is 4.79 Å². The number of aliphatic hydroxyl groups is 1. The van der Waals surface area contributed by atoms with Gasteiger partial charge in [0.2, 0.25) is 0 Å². The molecule has 152 valence electrons. The van der Waals surface area contributed by atoms with E-state index in [0.717, 1.165) is 18.5 Å². The fourth-order valence-electron chi connectivity index (χ4n) is 4.65. The van der Waals surface area contributed by atoms with Crippen molar-refractivity contribution in [2.24, 2.45) is 5.92 Å². The van der Waals surface area contributed by atoms with E-state index in [-0.39, 0.29) is 37.9 Å². The van der Waals surface area contributed by atoms with E-state index in [0.29, 0.717) is 22.0 Å². The highest BCUT2D eigenvalue weighted by Crippen LogP contribution is 2.45. The monoisotopic (exact) mass is 409 g/mol. The number of aromatic nitrogens is 1. The summed E-state index contributed by atoms with van der Waals surface area (Å²) in [4.78, 5) is 13.0. The first kappa shape index (κ1) is 19.8. The van der Waals surface area contributed by atoms with Gasteiger partial charge in [-0.2, -0.15) is 0 Å². The van der Waals surface area contributed by atoms with E-state index in [9.17, 15) is 18.7 Å². The standard InChI is InChI=1S/C22H26ClF2NO2/c1-14-13-21(28,9-10-22(14,24)25)8-7-19(27)16-12-18(15-4-2-5-15)26-11-3-6-17(23)20(16)26/h3,6,11-12,14-15,28H,2,4-5,7-10,13H2,1H3. The number of alkyl halides is 2. The van der Waals surface area contributed by atoms with Crippen LogP contribution in [0.3, 0.4) is 0 Å². The smallest absolute Gasteiger partial charge is 0.250 e. The molecule has 1 N–H and O–H groups in total. The molecule has 0 radical (unpaired) electrons. The molecule has 2 aromatic rings. The normalized spacial score (nSPS) is 27.7. The molecule has 3 nitrogen and oxygen atoms in total. The van der Waals surface area contributed by atoms with Crippen LogP contribution in [0.4, 0.5) is 8.78 Å². The van der Waals surface area contributed by atoms with Crippen molar-refractivity contribution >= 4 is 22.9 Å². The molecule has 0 aromatic carbocycles. The van der Waals surface area contributed by atoms with Gasteiger partial charge in [0.05, 0.1) is 16.1 Å². The van der Waals surface area contributed by atoms with Crippen LogP contribution < -0.4 is 0 Å². The largest absolute Gasteiger partial charge is 0.390 e. The summed E-state index contributed by atoms with van der Waals surface area (Å²) in [5.41, 5.74) is 1.20. The summed E-state index contributed by atoms with van der Waals surface area (Å²) in [6, 6.07) is 5.59. The van der Waals surface area contributed by atoms with Crippen LogP contribution in [0.2, 0.25) is 5.02 Å². The zero-order valence-corrected chi connectivity index (χ0v) is 16.8. The maximum Gasteiger partial charge on any atom is 0.250 e. The first-order valence-corrected chi connectivity index (χ1v) is 10.5. The number of pyridine rings is 1. The van der Waals surface area contributed by atoms with Gasteiger partial charge in [0, 0.05) is 36.2 Å². The molecule has 2 atom stereocenters. The predicted molar refractivity (Wildman–Crippen MR) is 105 cm³/mol. The van der Waals surface area contributed by atoms with E-state index in [2.05, 4.69) is 0 Å². The molecule has 2 heterocycles. The minimum absolute atomic E-state index is 0.0257. The van der Waals surface area contributed by atoms with Gasteiger partial charge < -0.3 is 9.51 Å². The summed E-state index contributed by atoms with van der Waals surface area (Å²) < 4.78 is 29.5. The van der Waals surface area contributed by atoms with Crippen molar-refractivity contribution in [2.45, 2.75) is 75.7 Å². The second-order valence-electron chi connectivity index (χ2n) is 8.70. The average molecular weight is 410 g/mol. The van der Waals surface area contributed by atoms with Crippen LogP contribution >= 0.6 is 11.6 Å². The quantitative estimate of drug-likeness (QED) is 0.614. The van der Waals surface area contributed by atoms with Gasteiger partial charge in [-0.1, -0.05) is 24.9 Å². The predicted octanol–water partition coefficient (Wildman–Crippen LogP) is 6.01. The van der Waals surface area contributed by atoms with E-state index < -0.39 is 17.4 Å². The molecule has 0 spiro atoms. The lowest BCUT2D eigenvalue weighted by Gasteiger charge is -2.40. The molecule has 28 heavy (non-hydrogen) atoms.